The maximum Gasteiger partial charge on any atom is 0.205 e. The number of rotatable bonds is 4. The smallest absolute Gasteiger partial charge is 0.205 e. The Morgan fingerprint density at radius 2 is 1.90 bits per heavy atom. The van der Waals surface area contributed by atoms with Crippen molar-refractivity contribution < 1.29 is 19.0 Å². The molecule has 29 heavy (non-hydrogen) atoms. The number of nitrogens with two attached hydrogens (primary N) is 1. The van der Waals surface area contributed by atoms with E-state index >= 15 is 0 Å². The van der Waals surface area contributed by atoms with Crippen molar-refractivity contribution in [3.63, 3.8) is 0 Å². The van der Waals surface area contributed by atoms with E-state index in [1.165, 1.54) is 24.3 Å². The molecule has 1 aliphatic heterocycles. The van der Waals surface area contributed by atoms with Crippen LogP contribution < -0.4 is 15.2 Å². The van der Waals surface area contributed by atoms with Gasteiger partial charge in [-0.25, -0.2) is 4.39 Å². The molecule has 144 valence electrons. The molecule has 0 aliphatic carbocycles. The second kappa shape index (κ2) is 7.56. The fourth-order valence-corrected chi connectivity index (χ4v) is 3.40. The highest BCUT2D eigenvalue weighted by atomic mass is 19.1. The van der Waals surface area contributed by atoms with Crippen molar-refractivity contribution in [3.05, 3.63) is 101 Å². The van der Waals surface area contributed by atoms with Gasteiger partial charge in [-0.1, -0.05) is 36.4 Å². The number of hydrogen-bond donors (Lipinski definition) is 2. The lowest BCUT2D eigenvalue weighted by Crippen LogP contribution is -2.21. The third-order valence-corrected chi connectivity index (χ3v) is 4.72. The van der Waals surface area contributed by atoms with Crippen LogP contribution in [0.4, 0.5) is 4.39 Å². The number of nitrogens with zero attached hydrogens (tertiary/aromatic N) is 1. The van der Waals surface area contributed by atoms with Crippen LogP contribution in [-0.2, 0) is 6.61 Å². The molecule has 1 aliphatic rings. The van der Waals surface area contributed by atoms with E-state index < -0.39 is 5.92 Å². The fraction of sp³-hybridized carbons (Fsp3) is 0.0870. The van der Waals surface area contributed by atoms with Crippen LogP contribution >= 0.6 is 0 Å². The molecule has 3 aromatic carbocycles. The summed E-state index contributed by atoms with van der Waals surface area (Å²) in [6.45, 7) is 0.168. The van der Waals surface area contributed by atoms with Gasteiger partial charge in [-0.15, -0.1) is 0 Å². The van der Waals surface area contributed by atoms with Crippen LogP contribution in [0.2, 0.25) is 0 Å². The molecule has 3 N–H and O–H groups in total. The van der Waals surface area contributed by atoms with Gasteiger partial charge in [0, 0.05) is 17.2 Å². The van der Waals surface area contributed by atoms with Crippen LogP contribution in [0, 0.1) is 17.1 Å². The molecular weight excluding hydrogens is 371 g/mol. The van der Waals surface area contributed by atoms with E-state index in [0.29, 0.717) is 22.6 Å². The Kier molecular flexibility index (Phi) is 4.80. The van der Waals surface area contributed by atoms with Crippen molar-refractivity contribution >= 4 is 0 Å². The third kappa shape index (κ3) is 3.58. The van der Waals surface area contributed by atoms with Gasteiger partial charge in [0.2, 0.25) is 5.88 Å². The summed E-state index contributed by atoms with van der Waals surface area (Å²) in [4.78, 5) is 0. The zero-order chi connectivity index (χ0) is 20.4. The summed E-state index contributed by atoms with van der Waals surface area (Å²) in [7, 11) is 0. The molecule has 1 heterocycles. The third-order valence-electron chi connectivity index (χ3n) is 4.72. The first-order chi connectivity index (χ1) is 14.1. The normalized spacial score (nSPS) is 15.2. The molecule has 0 fully saturated rings. The summed E-state index contributed by atoms with van der Waals surface area (Å²) in [5, 5.41) is 19.5. The van der Waals surface area contributed by atoms with E-state index in [1.54, 1.807) is 24.3 Å². The van der Waals surface area contributed by atoms with Crippen LogP contribution in [0.3, 0.4) is 0 Å². The zero-order valence-corrected chi connectivity index (χ0v) is 15.3. The summed E-state index contributed by atoms with van der Waals surface area (Å²) in [6, 6.07) is 20.3. The van der Waals surface area contributed by atoms with Crippen molar-refractivity contribution in [2.24, 2.45) is 5.73 Å². The summed E-state index contributed by atoms with van der Waals surface area (Å²) in [5.74, 6) is 0.0876. The van der Waals surface area contributed by atoms with Gasteiger partial charge in [0.1, 0.15) is 41.3 Å². The van der Waals surface area contributed by atoms with Crippen molar-refractivity contribution in [3.8, 4) is 23.3 Å². The van der Waals surface area contributed by atoms with Gasteiger partial charge in [-0.3, -0.25) is 0 Å². The fourth-order valence-electron chi connectivity index (χ4n) is 3.40. The standard InChI is InChI=1S/C23H17FN2O3/c24-15-5-3-4-14(10-15)13-28-20-7-2-1-6-17(20)22-18-9-8-16(27)11-21(18)29-23(26)19(22)12-25/h1-11,22,27H,13,26H2/t22-/m1/s1. The van der Waals surface area contributed by atoms with Crippen LogP contribution in [0.25, 0.3) is 0 Å². The molecule has 0 bridgehead atoms. The number of benzene rings is 3. The summed E-state index contributed by atoms with van der Waals surface area (Å²) >= 11 is 0. The molecule has 1 atom stereocenters. The SMILES string of the molecule is N#CC1=C(N)Oc2cc(O)ccc2[C@H]1c1ccccc1OCc1cccc(F)c1. The van der Waals surface area contributed by atoms with Gasteiger partial charge in [0.25, 0.3) is 0 Å². The number of aromatic hydroxyl groups is 1. The van der Waals surface area contributed by atoms with Crippen molar-refractivity contribution in [2.75, 3.05) is 0 Å². The van der Waals surface area contributed by atoms with Crippen LogP contribution in [0.1, 0.15) is 22.6 Å². The first-order valence-electron chi connectivity index (χ1n) is 8.93. The predicted molar refractivity (Wildman–Crippen MR) is 105 cm³/mol. The van der Waals surface area contributed by atoms with E-state index in [2.05, 4.69) is 6.07 Å². The Morgan fingerprint density at radius 1 is 1.07 bits per heavy atom. The molecule has 4 rings (SSSR count). The summed E-state index contributed by atoms with van der Waals surface area (Å²) < 4.78 is 25.0. The molecule has 0 radical (unpaired) electrons. The van der Waals surface area contributed by atoms with Crippen LogP contribution in [0.5, 0.6) is 17.2 Å². The van der Waals surface area contributed by atoms with Gasteiger partial charge >= 0.3 is 0 Å². The molecule has 0 saturated heterocycles. The monoisotopic (exact) mass is 388 g/mol. The highest BCUT2D eigenvalue weighted by Gasteiger charge is 2.32. The Labute approximate surface area is 167 Å². The maximum atomic E-state index is 13.5. The van der Waals surface area contributed by atoms with Crippen LogP contribution in [0.15, 0.2) is 78.2 Å². The molecule has 0 saturated carbocycles. The van der Waals surface area contributed by atoms with Gasteiger partial charge < -0.3 is 20.3 Å². The van der Waals surface area contributed by atoms with E-state index in [4.69, 9.17) is 15.2 Å². The number of hydrogen-bond acceptors (Lipinski definition) is 5. The molecule has 3 aromatic rings. The number of allylic oxidation sites excluding steroid dienone is 1. The van der Waals surface area contributed by atoms with E-state index in [0.717, 1.165) is 5.56 Å². The molecule has 0 unspecified atom stereocenters. The lowest BCUT2D eigenvalue weighted by molar-refractivity contribution is 0.301. The largest absolute Gasteiger partial charge is 0.508 e. The average molecular weight is 388 g/mol. The molecule has 0 aromatic heterocycles. The quantitative estimate of drug-likeness (QED) is 0.695. The molecule has 5 nitrogen and oxygen atoms in total. The minimum absolute atomic E-state index is 0.0180. The Bertz CT molecular complexity index is 1150. The van der Waals surface area contributed by atoms with Gasteiger partial charge in [0.05, 0.1) is 5.92 Å². The maximum absolute atomic E-state index is 13.5. The molecule has 0 spiro atoms. The number of nitriles is 1. The van der Waals surface area contributed by atoms with E-state index in [-0.39, 0.29) is 29.6 Å². The number of phenols is 1. The minimum Gasteiger partial charge on any atom is -0.508 e. The second-order valence-corrected chi connectivity index (χ2v) is 6.60. The Morgan fingerprint density at radius 3 is 2.69 bits per heavy atom. The average Bonchev–Trinajstić information content (AvgIpc) is 2.71. The number of para-hydroxylation sites is 1. The van der Waals surface area contributed by atoms with E-state index in [1.807, 2.05) is 18.2 Å². The van der Waals surface area contributed by atoms with Crippen molar-refractivity contribution in [2.45, 2.75) is 12.5 Å². The van der Waals surface area contributed by atoms with Gasteiger partial charge in [-0.05, 0) is 29.8 Å². The zero-order valence-electron chi connectivity index (χ0n) is 15.3. The van der Waals surface area contributed by atoms with Gasteiger partial charge in [-0.2, -0.15) is 5.26 Å². The van der Waals surface area contributed by atoms with Crippen molar-refractivity contribution in [1.29, 1.82) is 5.26 Å². The lowest BCUT2D eigenvalue weighted by Gasteiger charge is -2.27. The highest BCUT2D eigenvalue weighted by molar-refractivity contribution is 5.59. The number of ether oxygens (including phenoxy) is 2. The van der Waals surface area contributed by atoms with Gasteiger partial charge in [0.15, 0.2) is 0 Å². The molecule has 6 heteroatoms. The highest BCUT2D eigenvalue weighted by Crippen LogP contribution is 2.45. The number of halogens is 1. The first-order valence-corrected chi connectivity index (χ1v) is 8.93. The summed E-state index contributed by atoms with van der Waals surface area (Å²) in [5.41, 5.74) is 8.34. The summed E-state index contributed by atoms with van der Waals surface area (Å²) in [6.07, 6.45) is 0. The second-order valence-electron chi connectivity index (χ2n) is 6.60. The number of fused-ring (bicyclic) bond motifs is 1. The Balaban J connectivity index is 1.75. The number of phenolic OH excluding ortho intramolecular Hbond substituents is 1. The van der Waals surface area contributed by atoms with E-state index in [9.17, 15) is 14.8 Å². The predicted octanol–water partition coefficient (Wildman–Crippen LogP) is 4.33. The molecule has 0 amide bonds. The molecular formula is C23H17FN2O3. The first kappa shape index (κ1) is 18.4. The topological polar surface area (TPSA) is 88.5 Å². The van der Waals surface area contributed by atoms with Crippen LogP contribution in [-0.4, -0.2) is 5.11 Å². The Hall–Kier alpha value is -3.98. The van der Waals surface area contributed by atoms with Crippen molar-refractivity contribution in [1.82, 2.24) is 0 Å². The lowest BCUT2D eigenvalue weighted by atomic mass is 9.83. The minimum atomic E-state index is -0.520.